The Morgan fingerprint density at radius 2 is 1.96 bits per heavy atom. The molecule has 122 valence electrons. The minimum atomic E-state index is 0.165. The average molecular weight is 321 g/mol. The zero-order chi connectivity index (χ0) is 16.4. The molecule has 1 aromatic carbocycles. The van der Waals surface area contributed by atoms with Crippen molar-refractivity contribution in [3.8, 4) is 0 Å². The van der Waals surface area contributed by atoms with Crippen LogP contribution in [-0.4, -0.2) is 34.2 Å². The molecule has 0 unspecified atom stereocenters. The number of benzene rings is 1. The summed E-state index contributed by atoms with van der Waals surface area (Å²) >= 11 is 0. The van der Waals surface area contributed by atoms with E-state index in [-0.39, 0.29) is 6.04 Å². The van der Waals surface area contributed by atoms with E-state index in [0.717, 1.165) is 18.5 Å². The maximum Gasteiger partial charge on any atom is 0.224 e. The number of anilines is 2. The second kappa shape index (κ2) is 6.41. The largest absolute Gasteiger partial charge is 0.384 e. The molecule has 6 nitrogen and oxygen atoms in total. The molecule has 3 N–H and O–H groups in total. The summed E-state index contributed by atoms with van der Waals surface area (Å²) in [5, 5.41) is 4.56. The van der Waals surface area contributed by atoms with Crippen molar-refractivity contribution in [3.05, 3.63) is 54.4 Å². The van der Waals surface area contributed by atoms with Crippen molar-refractivity contribution in [1.82, 2.24) is 15.0 Å². The third-order valence-electron chi connectivity index (χ3n) is 4.41. The fraction of sp³-hybridized carbons (Fsp3) is 0.278. The normalized spacial score (nSPS) is 20.3. The Balaban J connectivity index is 1.54. The van der Waals surface area contributed by atoms with E-state index >= 15 is 0 Å². The van der Waals surface area contributed by atoms with Crippen molar-refractivity contribution in [1.29, 1.82) is 0 Å². The van der Waals surface area contributed by atoms with Gasteiger partial charge in [0.2, 0.25) is 5.95 Å². The highest BCUT2D eigenvalue weighted by molar-refractivity contribution is 5.81. The number of ether oxygens (including phenoxy) is 1. The Labute approximate surface area is 140 Å². The number of pyridine rings is 1. The van der Waals surface area contributed by atoms with Crippen LogP contribution < -0.4 is 11.1 Å². The minimum Gasteiger partial charge on any atom is -0.384 e. The summed E-state index contributed by atoms with van der Waals surface area (Å²) in [7, 11) is 0. The number of aromatic nitrogens is 3. The molecule has 1 aliphatic rings. The van der Waals surface area contributed by atoms with Crippen molar-refractivity contribution in [2.45, 2.75) is 12.5 Å². The zero-order valence-corrected chi connectivity index (χ0v) is 13.2. The minimum absolute atomic E-state index is 0.165. The molecule has 6 heteroatoms. The second-order valence-corrected chi connectivity index (χ2v) is 6.04. The van der Waals surface area contributed by atoms with Crippen LogP contribution in [0.5, 0.6) is 0 Å². The number of nitrogens with two attached hydrogens (primary N) is 1. The Morgan fingerprint density at radius 3 is 2.88 bits per heavy atom. The molecule has 4 rings (SSSR count). The molecule has 0 saturated carbocycles. The summed E-state index contributed by atoms with van der Waals surface area (Å²) in [6.45, 7) is 1.36. The molecule has 0 aliphatic carbocycles. The number of nitrogens with one attached hydrogen (secondary N) is 1. The van der Waals surface area contributed by atoms with Gasteiger partial charge in [0.25, 0.3) is 0 Å². The molecule has 0 radical (unpaired) electrons. The lowest BCUT2D eigenvalue weighted by Gasteiger charge is -2.19. The lowest BCUT2D eigenvalue weighted by atomic mass is 9.93. The van der Waals surface area contributed by atoms with Gasteiger partial charge >= 0.3 is 0 Å². The fourth-order valence-corrected chi connectivity index (χ4v) is 3.18. The SMILES string of the molecule is Nc1ccnc(N[C@H]2COC[C@H]2Cc2ccnc3ccccc23)n1. The van der Waals surface area contributed by atoms with E-state index in [1.165, 1.54) is 10.9 Å². The van der Waals surface area contributed by atoms with Gasteiger partial charge in [-0.1, -0.05) is 18.2 Å². The first-order valence-corrected chi connectivity index (χ1v) is 8.05. The van der Waals surface area contributed by atoms with Crippen molar-refractivity contribution >= 4 is 22.7 Å². The first-order chi connectivity index (χ1) is 11.8. The van der Waals surface area contributed by atoms with E-state index in [1.807, 2.05) is 18.3 Å². The van der Waals surface area contributed by atoms with Gasteiger partial charge in [0.05, 0.1) is 24.8 Å². The Morgan fingerprint density at radius 1 is 1.08 bits per heavy atom. The van der Waals surface area contributed by atoms with E-state index in [9.17, 15) is 0 Å². The highest BCUT2D eigenvalue weighted by Crippen LogP contribution is 2.25. The third-order valence-corrected chi connectivity index (χ3v) is 4.41. The molecule has 2 atom stereocenters. The molecule has 1 fully saturated rings. The summed E-state index contributed by atoms with van der Waals surface area (Å²) in [6, 6.07) is 12.2. The summed E-state index contributed by atoms with van der Waals surface area (Å²) in [5.41, 5.74) is 8.04. The molecule has 0 amide bonds. The first-order valence-electron chi connectivity index (χ1n) is 8.05. The van der Waals surface area contributed by atoms with Crippen molar-refractivity contribution in [2.24, 2.45) is 5.92 Å². The van der Waals surface area contributed by atoms with Crippen LogP contribution in [0.2, 0.25) is 0 Å². The average Bonchev–Trinajstić information content (AvgIpc) is 3.02. The standard InChI is InChI=1S/C18H19N5O/c19-17-6-8-21-18(23-17)22-16-11-24-10-13(16)9-12-5-7-20-15-4-2-1-3-14(12)15/h1-8,13,16H,9-11H2,(H3,19,21,22,23)/t13-,16+/m1/s1. The van der Waals surface area contributed by atoms with Crippen LogP contribution in [0.1, 0.15) is 5.56 Å². The van der Waals surface area contributed by atoms with Crippen molar-refractivity contribution < 1.29 is 4.74 Å². The maximum absolute atomic E-state index is 5.72. The molecule has 2 aromatic heterocycles. The second-order valence-electron chi connectivity index (χ2n) is 6.04. The molecular formula is C18H19N5O. The van der Waals surface area contributed by atoms with Crippen LogP contribution in [0, 0.1) is 5.92 Å². The van der Waals surface area contributed by atoms with Crippen LogP contribution in [-0.2, 0) is 11.2 Å². The predicted molar refractivity (Wildman–Crippen MR) is 93.6 cm³/mol. The molecule has 0 bridgehead atoms. The number of rotatable bonds is 4. The lowest BCUT2D eigenvalue weighted by molar-refractivity contribution is 0.185. The van der Waals surface area contributed by atoms with Gasteiger partial charge in [-0.3, -0.25) is 4.98 Å². The zero-order valence-electron chi connectivity index (χ0n) is 13.2. The van der Waals surface area contributed by atoms with Gasteiger partial charge in [-0.25, -0.2) is 4.98 Å². The van der Waals surface area contributed by atoms with Gasteiger partial charge < -0.3 is 15.8 Å². The van der Waals surface area contributed by atoms with E-state index in [1.54, 1.807) is 12.3 Å². The summed E-state index contributed by atoms with van der Waals surface area (Å²) < 4.78 is 5.69. The molecule has 3 aromatic rings. The number of fused-ring (bicyclic) bond motifs is 1. The molecule has 3 heterocycles. The number of hydrogen-bond donors (Lipinski definition) is 2. The maximum atomic E-state index is 5.72. The van der Waals surface area contributed by atoms with Crippen LogP contribution in [0.15, 0.2) is 48.8 Å². The molecule has 24 heavy (non-hydrogen) atoms. The summed E-state index contributed by atoms with van der Waals surface area (Å²) in [5.74, 6) is 1.36. The van der Waals surface area contributed by atoms with E-state index in [2.05, 4.69) is 38.5 Å². The number of nitrogen functional groups attached to an aromatic ring is 1. The van der Waals surface area contributed by atoms with Gasteiger partial charge in [-0.15, -0.1) is 0 Å². The Bertz CT molecular complexity index is 848. The fourth-order valence-electron chi connectivity index (χ4n) is 3.18. The quantitative estimate of drug-likeness (QED) is 0.767. The summed E-state index contributed by atoms with van der Waals surface area (Å²) in [6.07, 6.45) is 4.45. The topological polar surface area (TPSA) is 86.0 Å². The monoisotopic (exact) mass is 321 g/mol. The number of hydrogen-bond acceptors (Lipinski definition) is 6. The van der Waals surface area contributed by atoms with Crippen LogP contribution in [0.4, 0.5) is 11.8 Å². The van der Waals surface area contributed by atoms with Crippen LogP contribution >= 0.6 is 0 Å². The van der Waals surface area contributed by atoms with E-state index in [0.29, 0.717) is 24.3 Å². The van der Waals surface area contributed by atoms with Crippen LogP contribution in [0.3, 0.4) is 0 Å². The third kappa shape index (κ3) is 3.00. The van der Waals surface area contributed by atoms with Gasteiger partial charge in [0, 0.05) is 23.7 Å². The molecule has 0 spiro atoms. The molecular weight excluding hydrogens is 302 g/mol. The van der Waals surface area contributed by atoms with Gasteiger partial charge in [-0.05, 0) is 30.2 Å². The number of nitrogens with zero attached hydrogens (tertiary/aromatic N) is 3. The predicted octanol–water partition coefficient (Wildman–Crippen LogP) is 2.28. The Hall–Kier alpha value is -2.73. The highest BCUT2D eigenvalue weighted by atomic mass is 16.5. The smallest absolute Gasteiger partial charge is 0.224 e. The van der Waals surface area contributed by atoms with Gasteiger partial charge in [0.1, 0.15) is 5.82 Å². The first kappa shape index (κ1) is 14.8. The highest BCUT2D eigenvalue weighted by Gasteiger charge is 2.29. The van der Waals surface area contributed by atoms with Gasteiger partial charge in [-0.2, -0.15) is 4.98 Å². The van der Waals surface area contributed by atoms with E-state index < -0.39 is 0 Å². The van der Waals surface area contributed by atoms with Crippen molar-refractivity contribution in [2.75, 3.05) is 24.3 Å². The van der Waals surface area contributed by atoms with Crippen LogP contribution in [0.25, 0.3) is 10.9 Å². The Kier molecular flexibility index (Phi) is 3.96. The van der Waals surface area contributed by atoms with Gasteiger partial charge in [0.15, 0.2) is 0 Å². The number of para-hydroxylation sites is 1. The van der Waals surface area contributed by atoms with Crippen molar-refractivity contribution in [3.63, 3.8) is 0 Å². The van der Waals surface area contributed by atoms with E-state index in [4.69, 9.17) is 10.5 Å². The lowest BCUT2D eigenvalue weighted by Crippen LogP contribution is -2.30. The molecule has 1 aliphatic heterocycles. The molecule has 1 saturated heterocycles. The summed E-state index contributed by atoms with van der Waals surface area (Å²) in [4.78, 5) is 12.9.